The van der Waals surface area contributed by atoms with Crippen LogP contribution in [0.1, 0.15) is 39.0 Å². The maximum absolute atomic E-state index is 12.7. The first-order chi connectivity index (χ1) is 11.5. The van der Waals surface area contributed by atoms with E-state index in [-0.39, 0.29) is 5.91 Å². The molecule has 126 valence electrons. The van der Waals surface area contributed by atoms with E-state index in [1.807, 2.05) is 12.1 Å². The Morgan fingerprint density at radius 2 is 2.17 bits per heavy atom. The van der Waals surface area contributed by atoms with Crippen LogP contribution in [0.2, 0.25) is 0 Å². The van der Waals surface area contributed by atoms with Crippen molar-refractivity contribution >= 4 is 27.8 Å². The molecule has 0 fully saturated rings. The van der Waals surface area contributed by atoms with Crippen molar-refractivity contribution in [3.8, 4) is 0 Å². The number of ether oxygens (including phenoxy) is 1. The molecule has 7 heteroatoms. The van der Waals surface area contributed by atoms with E-state index < -0.39 is 5.97 Å². The van der Waals surface area contributed by atoms with Gasteiger partial charge in [0.2, 0.25) is 0 Å². The molecule has 6 nitrogen and oxygen atoms in total. The summed E-state index contributed by atoms with van der Waals surface area (Å²) in [6.07, 6.45) is 0.627. The Morgan fingerprint density at radius 3 is 2.88 bits per heavy atom. The van der Waals surface area contributed by atoms with Crippen LogP contribution in [-0.4, -0.2) is 39.7 Å². The topological polar surface area (TPSA) is 64.4 Å². The number of benzene rings is 1. The molecule has 1 aliphatic rings. The molecule has 0 atom stereocenters. The van der Waals surface area contributed by atoms with Gasteiger partial charge in [-0.3, -0.25) is 9.48 Å². The van der Waals surface area contributed by atoms with Gasteiger partial charge in [0.05, 0.1) is 18.8 Å². The van der Waals surface area contributed by atoms with E-state index in [1.54, 1.807) is 35.7 Å². The van der Waals surface area contributed by atoms with Gasteiger partial charge in [-0.1, -0.05) is 22.0 Å². The highest BCUT2D eigenvalue weighted by molar-refractivity contribution is 9.10. The lowest BCUT2D eigenvalue weighted by Gasteiger charge is -2.27. The van der Waals surface area contributed by atoms with Crippen molar-refractivity contribution in [2.24, 2.45) is 7.05 Å². The summed E-state index contributed by atoms with van der Waals surface area (Å²) in [5.41, 5.74) is 2.69. The van der Waals surface area contributed by atoms with Crippen molar-refractivity contribution in [1.29, 1.82) is 0 Å². The zero-order chi connectivity index (χ0) is 17.3. The molecular formula is C17H18BrN3O3. The summed E-state index contributed by atoms with van der Waals surface area (Å²) in [6.45, 7) is 3.02. The molecule has 2 heterocycles. The number of esters is 1. The minimum absolute atomic E-state index is 0.0550. The standard InChI is InChI=1S/C17H18BrN3O3/c1-3-24-17(23)15-13-10-21(8-7-14(13)19-20(15)2)16(22)11-5-4-6-12(18)9-11/h4-6,9H,3,7-8,10H2,1-2H3. The Balaban J connectivity index is 1.88. The van der Waals surface area contributed by atoms with Gasteiger partial charge in [0, 0.05) is 35.6 Å². The fourth-order valence-electron chi connectivity index (χ4n) is 2.93. The fourth-order valence-corrected chi connectivity index (χ4v) is 3.33. The molecule has 2 aromatic rings. The van der Waals surface area contributed by atoms with Crippen LogP contribution in [0.5, 0.6) is 0 Å². The predicted molar refractivity (Wildman–Crippen MR) is 91.8 cm³/mol. The van der Waals surface area contributed by atoms with Crippen molar-refractivity contribution in [3.05, 3.63) is 51.3 Å². The molecule has 24 heavy (non-hydrogen) atoms. The maximum atomic E-state index is 12.7. The molecule has 1 aliphatic heterocycles. The number of nitrogens with zero attached hydrogens (tertiary/aromatic N) is 3. The van der Waals surface area contributed by atoms with Gasteiger partial charge in [-0.2, -0.15) is 5.10 Å². The first kappa shape index (κ1) is 16.7. The fraction of sp³-hybridized carbons (Fsp3) is 0.353. The van der Waals surface area contributed by atoms with Gasteiger partial charge < -0.3 is 9.64 Å². The smallest absolute Gasteiger partial charge is 0.356 e. The molecule has 0 radical (unpaired) electrons. The Labute approximate surface area is 148 Å². The zero-order valence-electron chi connectivity index (χ0n) is 13.6. The molecular weight excluding hydrogens is 374 g/mol. The summed E-state index contributed by atoms with van der Waals surface area (Å²) in [5.74, 6) is -0.453. The summed E-state index contributed by atoms with van der Waals surface area (Å²) in [4.78, 5) is 26.7. The van der Waals surface area contributed by atoms with Crippen LogP contribution < -0.4 is 0 Å². The number of hydrogen-bond donors (Lipinski definition) is 0. The number of amides is 1. The van der Waals surface area contributed by atoms with Gasteiger partial charge in [-0.05, 0) is 25.1 Å². The molecule has 1 aromatic heterocycles. The SMILES string of the molecule is CCOC(=O)c1c2c(nn1C)CCN(C(=O)c1cccc(Br)c1)C2. The third-order valence-electron chi connectivity index (χ3n) is 4.02. The van der Waals surface area contributed by atoms with Gasteiger partial charge in [0.1, 0.15) is 0 Å². The summed E-state index contributed by atoms with van der Waals surface area (Å²) < 4.78 is 7.53. The van der Waals surface area contributed by atoms with Gasteiger partial charge in [0.25, 0.3) is 5.91 Å². The third-order valence-corrected chi connectivity index (χ3v) is 4.52. The summed E-state index contributed by atoms with van der Waals surface area (Å²) in [7, 11) is 1.73. The number of rotatable bonds is 3. The van der Waals surface area contributed by atoms with Crippen LogP contribution in [0.4, 0.5) is 0 Å². The van der Waals surface area contributed by atoms with E-state index in [0.29, 0.717) is 37.4 Å². The second kappa shape index (κ2) is 6.76. The highest BCUT2D eigenvalue weighted by Crippen LogP contribution is 2.24. The Morgan fingerprint density at radius 1 is 1.38 bits per heavy atom. The van der Waals surface area contributed by atoms with Gasteiger partial charge >= 0.3 is 5.97 Å². The average molecular weight is 392 g/mol. The average Bonchev–Trinajstić information content (AvgIpc) is 2.89. The number of carbonyl (C=O) groups is 2. The van der Waals surface area contributed by atoms with Gasteiger partial charge in [-0.25, -0.2) is 4.79 Å². The van der Waals surface area contributed by atoms with Crippen LogP contribution in [0, 0.1) is 0 Å². The lowest BCUT2D eigenvalue weighted by atomic mass is 10.0. The summed E-state index contributed by atoms with van der Waals surface area (Å²) >= 11 is 3.39. The van der Waals surface area contributed by atoms with Gasteiger partial charge in [-0.15, -0.1) is 0 Å². The number of aryl methyl sites for hydroxylation is 1. The lowest BCUT2D eigenvalue weighted by molar-refractivity contribution is 0.0508. The second-order valence-electron chi connectivity index (χ2n) is 5.60. The Bertz CT molecular complexity index is 800. The minimum atomic E-state index is -0.398. The molecule has 3 rings (SSSR count). The van der Waals surface area contributed by atoms with Crippen molar-refractivity contribution in [2.45, 2.75) is 19.9 Å². The van der Waals surface area contributed by atoms with Gasteiger partial charge in [0.15, 0.2) is 5.69 Å². The molecule has 0 bridgehead atoms. The summed E-state index contributed by atoms with van der Waals surface area (Å²) in [6, 6.07) is 7.30. The second-order valence-corrected chi connectivity index (χ2v) is 6.52. The first-order valence-electron chi connectivity index (χ1n) is 7.78. The zero-order valence-corrected chi connectivity index (χ0v) is 15.2. The number of carbonyl (C=O) groups excluding carboxylic acids is 2. The molecule has 1 aromatic carbocycles. The van der Waals surface area contributed by atoms with Crippen molar-refractivity contribution in [1.82, 2.24) is 14.7 Å². The molecule has 0 saturated carbocycles. The Kier molecular flexibility index (Phi) is 4.71. The van der Waals surface area contributed by atoms with Crippen molar-refractivity contribution in [2.75, 3.05) is 13.2 Å². The largest absolute Gasteiger partial charge is 0.461 e. The molecule has 0 saturated heterocycles. The third kappa shape index (κ3) is 3.08. The number of aromatic nitrogens is 2. The van der Waals surface area contributed by atoms with Crippen molar-refractivity contribution < 1.29 is 14.3 Å². The number of fused-ring (bicyclic) bond motifs is 1. The van der Waals surface area contributed by atoms with Crippen LogP contribution in [0.25, 0.3) is 0 Å². The molecule has 0 N–H and O–H groups in total. The maximum Gasteiger partial charge on any atom is 0.356 e. The molecule has 0 aliphatic carbocycles. The predicted octanol–water partition coefficient (Wildman–Crippen LogP) is 2.56. The van der Waals surface area contributed by atoms with E-state index in [0.717, 1.165) is 15.7 Å². The van der Waals surface area contributed by atoms with Crippen LogP contribution in [0.15, 0.2) is 28.7 Å². The van der Waals surface area contributed by atoms with E-state index in [4.69, 9.17) is 4.74 Å². The van der Waals surface area contributed by atoms with E-state index >= 15 is 0 Å². The lowest BCUT2D eigenvalue weighted by Crippen LogP contribution is -2.36. The van der Waals surface area contributed by atoms with Crippen molar-refractivity contribution in [3.63, 3.8) is 0 Å². The Hall–Kier alpha value is -2.15. The highest BCUT2D eigenvalue weighted by atomic mass is 79.9. The number of hydrogen-bond acceptors (Lipinski definition) is 4. The van der Waals surface area contributed by atoms with E-state index in [1.165, 1.54) is 0 Å². The first-order valence-corrected chi connectivity index (χ1v) is 8.57. The normalized spacial score (nSPS) is 13.5. The monoisotopic (exact) mass is 391 g/mol. The summed E-state index contributed by atoms with van der Waals surface area (Å²) in [5, 5.41) is 4.41. The number of halogens is 1. The highest BCUT2D eigenvalue weighted by Gasteiger charge is 2.30. The minimum Gasteiger partial charge on any atom is -0.461 e. The van der Waals surface area contributed by atoms with Crippen LogP contribution in [0.3, 0.4) is 0 Å². The van der Waals surface area contributed by atoms with E-state index in [2.05, 4.69) is 21.0 Å². The van der Waals surface area contributed by atoms with Crippen LogP contribution >= 0.6 is 15.9 Å². The molecule has 0 spiro atoms. The molecule has 0 unspecified atom stereocenters. The molecule has 1 amide bonds. The quantitative estimate of drug-likeness (QED) is 0.754. The van der Waals surface area contributed by atoms with E-state index in [9.17, 15) is 9.59 Å². The van der Waals surface area contributed by atoms with Crippen LogP contribution in [-0.2, 0) is 24.8 Å².